The first kappa shape index (κ1) is 14.0. The zero-order valence-corrected chi connectivity index (χ0v) is 12.8. The number of rotatable bonds is 4. The minimum Gasteiger partial charge on any atom is -0.370 e. The van der Waals surface area contributed by atoms with Crippen molar-refractivity contribution >= 4 is 28.2 Å². The summed E-state index contributed by atoms with van der Waals surface area (Å²) in [5, 5.41) is 6.68. The first-order valence-electron chi connectivity index (χ1n) is 7.26. The van der Waals surface area contributed by atoms with E-state index in [1.54, 1.807) is 23.6 Å². The second-order valence-corrected chi connectivity index (χ2v) is 6.10. The van der Waals surface area contributed by atoms with Crippen LogP contribution in [-0.4, -0.2) is 22.4 Å². The van der Waals surface area contributed by atoms with Crippen LogP contribution in [0.3, 0.4) is 0 Å². The van der Waals surface area contributed by atoms with Gasteiger partial charge in [-0.1, -0.05) is 0 Å². The lowest BCUT2D eigenvalue weighted by Crippen LogP contribution is -2.12. The fourth-order valence-electron chi connectivity index (χ4n) is 2.39. The van der Waals surface area contributed by atoms with Crippen LogP contribution in [-0.2, 0) is 12.8 Å². The van der Waals surface area contributed by atoms with Gasteiger partial charge in [0.1, 0.15) is 5.82 Å². The predicted octanol–water partition coefficient (Wildman–Crippen LogP) is 3.10. The Balaban J connectivity index is 1.69. The smallest absolute Gasteiger partial charge is 0.259 e. The Kier molecular flexibility index (Phi) is 4.15. The average molecular weight is 302 g/mol. The van der Waals surface area contributed by atoms with Crippen LogP contribution in [0, 0.1) is 0 Å². The molecule has 2 aromatic rings. The molecule has 0 saturated heterocycles. The summed E-state index contributed by atoms with van der Waals surface area (Å²) in [4.78, 5) is 22.2. The van der Waals surface area contributed by atoms with Crippen molar-refractivity contribution < 1.29 is 4.79 Å². The van der Waals surface area contributed by atoms with Gasteiger partial charge in [-0.25, -0.2) is 9.97 Å². The number of carbonyl (C=O) groups excluding carboxylic acids is 1. The highest BCUT2D eigenvalue weighted by molar-refractivity contribution is 7.15. The molecule has 0 bridgehead atoms. The molecule has 0 aromatic carbocycles. The number of hydrogen-bond acceptors (Lipinski definition) is 5. The third-order valence-electron chi connectivity index (χ3n) is 3.45. The highest BCUT2D eigenvalue weighted by atomic mass is 32.1. The van der Waals surface area contributed by atoms with Crippen LogP contribution in [0.15, 0.2) is 18.3 Å². The van der Waals surface area contributed by atoms with Crippen LogP contribution < -0.4 is 10.6 Å². The van der Waals surface area contributed by atoms with Gasteiger partial charge in [-0.15, -0.1) is 11.3 Å². The van der Waals surface area contributed by atoms with Crippen molar-refractivity contribution in [3.63, 3.8) is 0 Å². The lowest BCUT2D eigenvalue weighted by Gasteiger charge is -2.06. The molecular formula is C15H18N4OS. The fourth-order valence-corrected chi connectivity index (χ4v) is 3.43. The number of nitrogens with zero attached hydrogens (tertiary/aromatic N) is 2. The number of amides is 1. The second-order valence-electron chi connectivity index (χ2n) is 5.01. The number of thiazole rings is 1. The van der Waals surface area contributed by atoms with Crippen molar-refractivity contribution in [2.45, 2.75) is 32.6 Å². The standard InChI is InChI=1S/C15H18N4OS/c1-2-16-13-8-7-10(9-17-13)14(20)19-15-18-11-5-3-4-6-12(11)21-15/h7-9H,2-6H2,1H3,(H,16,17)(H,18,19,20). The third-order valence-corrected chi connectivity index (χ3v) is 4.52. The SMILES string of the molecule is CCNc1ccc(C(=O)Nc2nc3c(s2)CCCC3)cn1. The highest BCUT2D eigenvalue weighted by Crippen LogP contribution is 2.29. The number of anilines is 2. The minimum atomic E-state index is -0.156. The van der Waals surface area contributed by atoms with Gasteiger partial charge in [-0.2, -0.15) is 0 Å². The number of aryl methyl sites for hydroxylation is 2. The van der Waals surface area contributed by atoms with Crippen molar-refractivity contribution in [2.24, 2.45) is 0 Å². The van der Waals surface area contributed by atoms with Crippen LogP contribution in [0.4, 0.5) is 10.9 Å². The highest BCUT2D eigenvalue weighted by Gasteiger charge is 2.16. The molecule has 5 nitrogen and oxygen atoms in total. The van der Waals surface area contributed by atoms with E-state index in [4.69, 9.17) is 0 Å². The Morgan fingerprint density at radius 1 is 1.33 bits per heavy atom. The maximum absolute atomic E-state index is 12.2. The Bertz CT molecular complexity index is 612. The molecule has 0 atom stereocenters. The zero-order chi connectivity index (χ0) is 14.7. The quantitative estimate of drug-likeness (QED) is 0.910. The first-order chi connectivity index (χ1) is 10.3. The molecule has 6 heteroatoms. The maximum Gasteiger partial charge on any atom is 0.259 e. The van der Waals surface area contributed by atoms with E-state index in [0.717, 1.165) is 30.9 Å². The lowest BCUT2D eigenvalue weighted by atomic mass is 10.0. The largest absolute Gasteiger partial charge is 0.370 e. The van der Waals surface area contributed by atoms with E-state index in [9.17, 15) is 4.79 Å². The molecule has 21 heavy (non-hydrogen) atoms. The van der Waals surface area contributed by atoms with Crippen molar-refractivity contribution in [3.05, 3.63) is 34.5 Å². The Morgan fingerprint density at radius 3 is 2.90 bits per heavy atom. The van der Waals surface area contributed by atoms with Gasteiger partial charge in [0.15, 0.2) is 5.13 Å². The van der Waals surface area contributed by atoms with Crippen LogP contribution in [0.2, 0.25) is 0 Å². The monoisotopic (exact) mass is 302 g/mol. The van der Waals surface area contributed by atoms with Crippen LogP contribution in [0.5, 0.6) is 0 Å². The maximum atomic E-state index is 12.2. The van der Waals surface area contributed by atoms with Crippen LogP contribution in [0.25, 0.3) is 0 Å². The summed E-state index contributed by atoms with van der Waals surface area (Å²) in [6.07, 6.45) is 6.11. The molecule has 1 aliphatic carbocycles. The molecule has 1 aliphatic rings. The summed E-state index contributed by atoms with van der Waals surface area (Å²) in [7, 11) is 0. The summed E-state index contributed by atoms with van der Waals surface area (Å²) < 4.78 is 0. The first-order valence-corrected chi connectivity index (χ1v) is 8.08. The van der Waals surface area contributed by atoms with Gasteiger partial charge in [-0.05, 0) is 44.7 Å². The molecule has 2 N–H and O–H groups in total. The molecule has 3 rings (SSSR count). The zero-order valence-electron chi connectivity index (χ0n) is 12.0. The number of fused-ring (bicyclic) bond motifs is 1. The molecule has 2 heterocycles. The molecule has 0 fully saturated rings. The molecule has 0 saturated carbocycles. The van der Waals surface area contributed by atoms with E-state index < -0.39 is 0 Å². The van der Waals surface area contributed by atoms with Gasteiger partial charge in [0, 0.05) is 17.6 Å². The summed E-state index contributed by atoms with van der Waals surface area (Å²) in [6, 6.07) is 3.58. The summed E-state index contributed by atoms with van der Waals surface area (Å²) in [5.41, 5.74) is 1.70. The lowest BCUT2D eigenvalue weighted by molar-refractivity contribution is 0.102. The van der Waals surface area contributed by atoms with E-state index in [-0.39, 0.29) is 5.91 Å². The summed E-state index contributed by atoms with van der Waals surface area (Å²) in [6.45, 7) is 2.82. The summed E-state index contributed by atoms with van der Waals surface area (Å²) in [5.74, 6) is 0.621. The normalized spacial score (nSPS) is 13.6. The number of aromatic nitrogens is 2. The predicted molar refractivity (Wildman–Crippen MR) is 85.1 cm³/mol. The topological polar surface area (TPSA) is 66.9 Å². The van der Waals surface area contributed by atoms with Crippen molar-refractivity contribution in [1.29, 1.82) is 0 Å². The van der Waals surface area contributed by atoms with E-state index >= 15 is 0 Å². The van der Waals surface area contributed by atoms with Gasteiger partial charge in [-0.3, -0.25) is 10.1 Å². The molecule has 1 amide bonds. The number of nitrogens with one attached hydrogen (secondary N) is 2. The van der Waals surface area contributed by atoms with Gasteiger partial charge in [0.25, 0.3) is 5.91 Å². The second kappa shape index (κ2) is 6.22. The molecule has 0 spiro atoms. The van der Waals surface area contributed by atoms with E-state index in [2.05, 4.69) is 20.6 Å². The molecule has 0 radical (unpaired) electrons. The van der Waals surface area contributed by atoms with Crippen molar-refractivity contribution in [2.75, 3.05) is 17.2 Å². The Labute approximate surface area is 127 Å². The number of carbonyl (C=O) groups is 1. The molecular weight excluding hydrogens is 284 g/mol. The van der Waals surface area contributed by atoms with Gasteiger partial charge >= 0.3 is 0 Å². The van der Waals surface area contributed by atoms with Gasteiger partial charge in [0.2, 0.25) is 0 Å². The van der Waals surface area contributed by atoms with E-state index in [1.807, 2.05) is 13.0 Å². The minimum absolute atomic E-state index is 0.156. The third kappa shape index (κ3) is 3.21. The summed E-state index contributed by atoms with van der Waals surface area (Å²) >= 11 is 1.59. The van der Waals surface area contributed by atoms with Gasteiger partial charge < -0.3 is 5.32 Å². The molecule has 2 aromatic heterocycles. The van der Waals surface area contributed by atoms with Gasteiger partial charge in [0.05, 0.1) is 11.3 Å². The molecule has 110 valence electrons. The van der Waals surface area contributed by atoms with Crippen LogP contribution >= 0.6 is 11.3 Å². The van der Waals surface area contributed by atoms with Crippen molar-refractivity contribution in [1.82, 2.24) is 9.97 Å². The van der Waals surface area contributed by atoms with Crippen LogP contribution in [0.1, 0.15) is 40.7 Å². The average Bonchev–Trinajstić information content (AvgIpc) is 2.90. The Morgan fingerprint density at radius 2 is 2.19 bits per heavy atom. The van der Waals surface area contributed by atoms with E-state index in [1.165, 1.54) is 17.7 Å². The molecule has 0 unspecified atom stereocenters. The molecule has 0 aliphatic heterocycles. The Hall–Kier alpha value is -1.95. The number of hydrogen-bond donors (Lipinski definition) is 2. The van der Waals surface area contributed by atoms with Crippen molar-refractivity contribution in [3.8, 4) is 0 Å². The number of pyridine rings is 1. The van der Waals surface area contributed by atoms with E-state index in [0.29, 0.717) is 10.7 Å². The fraction of sp³-hybridized carbons (Fsp3) is 0.400.